The number of carbonyl (C=O) groups is 1. The summed E-state index contributed by atoms with van der Waals surface area (Å²) >= 11 is 0. The molecule has 1 aromatic heterocycles. The molecule has 0 aliphatic heterocycles. The predicted molar refractivity (Wildman–Crippen MR) is 142 cm³/mol. The maximum atomic E-state index is 13.3. The summed E-state index contributed by atoms with van der Waals surface area (Å²) in [6.07, 6.45) is 5.30. The van der Waals surface area contributed by atoms with Crippen LogP contribution in [0.4, 0.5) is 0 Å². The third-order valence-corrected chi connectivity index (χ3v) is 7.99. The summed E-state index contributed by atoms with van der Waals surface area (Å²) in [5, 5.41) is 23.7. The monoisotopic (exact) mass is 491 g/mol. The highest BCUT2D eigenvalue weighted by Gasteiger charge is 2.29. The van der Waals surface area contributed by atoms with Gasteiger partial charge in [0, 0.05) is 29.8 Å². The number of Topliss-reactive ketones (excluding diaryl/α,β-unsaturated/α-hetero) is 1. The summed E-state index contributed by atoms with van der Waals surface area (Å²) in [7, 11) is 0. The minimum Gasteiger partial charge on any atom is -0.504 e. The fourth-order valence-corrected chi connectivity index (χ4v) is 5.62. The molecule has 1 heterocycles. The third kappa shape index (κ3) is 5.49. The van der Waals surface area contributed by atoms with E-state index < -0.39 is 11.4 Å². The highest BCUT2D eigenvalue weighted by Crippen LogP contribution is 2.38. The molecule has 3 atom stereocenters. The second-order valence-corrected chi connectivity index (χ2v) is 10.2. The van der Waals surface area contributed by atoms with Gasteiger partial charge < -0.3 is 19.9 Å². The van der Waals surface area contributed by atoms with Crippen molar-refractivity contribution in [1.29, 1.82) is 0 Å². The number of aryl methyl sites for hydroxylation is 1. The van der Waals surface area contributed by atoms with Gasteiger partial charge in [0.25, 0.3) is 0 Å². The Kier molecular flexibility index (Phi) is 8.14. The average molecular weight is 492 g/mol. The topological polar surface area (TPSA) is 99.8 Å². The standard InChI is InChI=1S/C30H37NO5/c1-4-31-17-20-7-5-10-23(15-20)22-9-6-8-21(11-12-22)18(2)27(33)16-25-19(3)24-13-14-26(32)28(34)29(24)36-30(25)35/h5,7,10,13-15,18,21-22,31-32,34H,4,6,8-9,11-12,16-17H2,1-3H3. The average Bonchev–Trinajstić information content (AvgIpc) is 3.14. The summed E-state index contributed by atoms with van der Waals surface area (Å²) < 4.78 is 5.31. The SMILES string of the molecule is CCNCc1cccc(C2CCCC(C(C)C(=O)Cc3c(C)c4ccc(O)c(O)c4oc3=O)CC2)c1. The van der Waals surface area contributed by atoms with Crippen LogP contribution in [-0.4, -0.2) is 22.5 Å². The lowest BCUT2D eigenvalue weighted by Gasteiger charge is -2.22. The van der Waals surface area contributed by atoms with E-state index in [1.54, 1.807) is 13.0 Å². The zero-order valence-corrected chi connectivity index (χ0v) is 21.5. The Bertz CT molecular complexity index is 1290. The number of benzene rings is 2. The molecule has 3 unspecified atom stereocenters. The van der Waals surface area contributed by atoms with Gasteiger partial charge in [-0.25, -0.2) is 4.79 Å². The summed E-state index contributed by atoms with van der Waals surface area (Å²) in [4.78, 5) is 26.0. The van der Waals surface area contributed by atoms with Gasteiger partial charge in [0.15, 0.2) is 11.3 Å². The molecule has 6 heteroatoms. The number of ketones is 1. The van der Waals surface area contributed by atoms with Crippen LogP contribution >= 0.6 is 0 Å². The summed E-state index contributed by atoms with van der Waals surface area (Å²) in [5.41, 5.74) is 2.95. The van der Waals surface area contributed by atoms with Crippen molar-refractivity contribution in [3.8, 4) is 11.5 Å². The quantitative estimate of drug-likeness (QED) is 0.211. The number of hydrogen-bond acceptors (Lipinski definition) is 6. The van der Waals surface area contributed by atoms with Gasteiger partial charge >= 0.3 is 5.63 Å². The van der Waals surface area contributed by atoms with Crippen molar-refractivity contribution in [3.05, 3.63) is 69.1 Å². The normalized spacial score (nSPS) is 19.2. The molecule has 36 heavy (non-hydrogen) atoms. The summed E-state index contributed by atoms with van der Waals surface area (Å²) in [5.74, 6) is -0.105. The molecule has 192 valence electrons. The second-order valence-electron chi connectivity index (χ2n) is 10.2. The first-order valence-electron chi connectivity index (χ1n) is 13.1. The number of hydrogen-bond donors (Lipinski definition) is 3. The Hall–Kier alpha value is -3.12. The number of phenols is 2. The van der Waals surface area contributed by atoms with Crippen LogP contribution < -0.4 is 10.9 Å². The number of phenolic OH excluding ortho intramolecular Hbond substituents is 2. The first kappa shape index (κ1) is 26.0. The summed E-state index contributed by atoms with van der Waals surface area (Å²) in [6, 6.07) is 11.8. The maximum absolute atomic E-state index is 13.3. The lowest BCUT2D eigenvalue weighted by Crippen LogP contribution is -2.25. The molecule has 1 fully saturated rings. The smallest absolute Gasteiger partial charge is 0.340 e. The van der Waals surface area contributed by atoms with Crippen molar-refractivity contribution in [1.82, 2.24) is 5.32 Å². The van der Waals surface area contributed by atoms with Gasteiger partial charge in [-0.1, -0.05) is 44.5 Å². The highest BCUT2D eigenvalue weighted by atomic mass is 16.4. The van der Waals surface area contributed by atoms with E-state index in [-0.39, 0.29) is 29.5 Å². The molecule has 6 nitrogen and oxygen atoms in total. The van der Waals surface area contributed by atoms with Crippen molar-refractivity contribution >= 4 is 16.8 Å². The predicted octanol–water partition coefficient (Wildman–Crippen LogP) is 5.73. The van der Waals surface area contributed by atoms with Crippen molar-refractivity contribution in [2.45, 2.75) is 71.8 Å². The fourth-order valence-electron chi connectivity index (χ4n) is 5.62. The lowest BCUT2D eigenvalue weighted by atomic mass is 9.82. The minimum atomic E-state index is -0.639. The van der Waals surface area contributed by atoms with Crippen LogP contribution in [0.15, 0.2) is 45.6 Å². The van der Waals surface area contributed by atoms with Gasteiger partial charge in [0.2, 0.25) is 5.75 Å². The molecule has 2 aromatic carbocycles. The molecule has 0 saturated heterocycles. The molecule has 1 saturated carbocycles. The van der Waals surface area contributed by atoms with Gasteiger partial charge in [-0.3, -0.25) is 4.79 Å². The minimum absolute atomic E-state index is 0.0132. The van der Waals surface area contributed by atoms with E-state index in [0.717, 1.165) is 45.2 Å². The lowest BCUT2D eigenvalue weighted by molar-refractivity contribution is -0.123. The molecule has 0 bridgehead atoms. The van der Waals surface area contributed by atoms with Gasteiger partial charge in [0.1, 0.15) is 5.78 Å². The molecular weight excluding hydrogens is 454 g/mol. The van der Waals surface area contributed by atoms with E-state index in [1.807, 2.05) is 6.92 Å². The first-order valence-corrected chi connectivity index (χ1v) is 13.1. The highest BCUT2D eigenvalue weighted by molar-refractivity contribution is 5.90. The molecule has 1 aliphatic rings. The molecule has 0 spiro atoms. The van der Waals surface area contributed by atoms with Crippen LogP contribution in [0.3, 0.4) is 0 Å². The van der Waals surface area contributed by atoms with E-state index in [1.165, 1.54) is 17.2 Å². The molecule has 4 rings (SSSR count). The Balaban J connectivity index is 1.45. The number of carbonyl (C=O) groups excluding carboxylic acids is 1. The molecule has 0 amide bonds. The Morgan fingerprint density at radius 2 is 1.94 bits per heavy atom. The number of aromatic hydroxyl groups is 2. The second kappa shape index (κ2) is 11.3. The van der Waals surface area contributed by atoms with Crippen molar-refractivity contribution in [2.75, 3.05) is 6.54 Å². The molecule has 3 aromatic rings. The zero-order valence-electron chi connectivity index (χ0n) is 21.5. The van der Waals surface area contributed by atoms with Crippen LogP contribution in [0.25, 0.3) is 11.0 Å². The Labute approximate surface area is 212 Å². The van der Waals surface area contributed by atoms with E-state index in [4.69, 9.17) is 4.42 Å². The number of rotatable bonds is 8. The number of nitrogens with one attached hydrogen (secondary N) is 1. The van der Waals surface area contributed by atoms with E-state index in [2.05, 4.69) is 36.5 Å². The third-order valence-electron chi connectivity index (χ3n) is 7.99. The van der Waals surface area contributed by atoms with Gasteiger partial charge in [-0.2, -0.15) is 0 Å². The van der Waals surface area contributed by atoms with E-state index in [0.29, 0.717) is 28.3 Å². The van der Waals surface area contributed by atoms with Crippen molar-refractivity contribution in [3.63, 3.8) is 0 Å². The maximum Gasteiger partial charge on any atom is 0.340 e. The Morgan fingerprint density at radius 1 is 1.14 bits per heavy atom. The molecular formula is C30H37NO5. The first-order chi connectivity index (χ1) is 17.3. The molecule has 0 radical (unpaired) electrons. The van der Waals surface area contributed by atoms with Crippen molar-refractivity contribution in [2.24, 2.45) is 11.8 Å². The van der Waals surface area contributed by atoms with Gasteiger partial charge in [0.05, 0.1) is 0 Å². The summed E-state index contributed by atoms with van der Waals surface area (Å²) in [6.45, 7) is 7.69. The zero-order chi connectivity index (χ0) is 25.8. The van der Waals surface area contributed by atoms with E-state index in [9.17, 15) is 19.8 Å². The van der Waals surface area contributed by atoms with Crippen molar-refractivity contribution < 1.29 is 19.4 Å². The van der Waals surface area contributed by atoms with Crippen LogP contribution in [0.2, 0.25) is 0 Å². The Morgan fingerprint density at radius 3 is 2.72 bits per heavy atom. The largest absolute Gasteiger partial charge is 0.504 e. The van der Waals surface area contributed by atoms with Crippen LogP contribution in [-0.2, 0) is 17.8 Å². The molecule has 1 aliphatic carbocycles. The number of fused-ring (bicyclic) bond motifs is 1. The fraction of sp³-hybridized carbons (Fsp3) is 0.467. The van der Waals surface area contributed by atoms with Gasteiger partial charge in [-0.15, -0.1) is 0 Å². The van der Waals surface area contributed by atoms with Crippen LogP contribution in [0, 0.1) is 18.8 Å². The molecule has 3 N–H and O–H groups in total. The van der Waals surface area contributed by atoms with Crippen LogP contribution in [0.5, 0.6) is 11.5 Å². The van der Waals surface area contributed by atoms with Gasteiger partial charge in [-0.05, 0) is 79.8 Å². The van der Waals surface area contributed by atoms with Crippen LogP contribution in [0.1, 0.15) is 74.1 Å². The van der Waals surface area contributed by atoms with E-state index >= 15 is 0 Å².